The van der Waals surface area contributed by atoms with Gasteiger partial charge in [-0.3, -0.25) is 9.69 Å². The molecule has 5 aromatic rings. The van der Waals surface area contributed by atoms with Crippen molar-refractivity contribution in [1.82, 2.24) is 9.97 Å². The maximum absolute atomic E-state index is 5.15. The Morgan fingerprint density at radius 1 is 0.667 bits per heavy atom. The number of hydrogen-bond acceptors (Lipinski definition) is 5. The molecule has 11 heteroatoms. The zero-order valence-corrected chi connectivity index (χ0v) is 31.2. The summed E-state index contributed by atoms with van der Waals surface area (Å²) in [6.45, 7) is 0. The van der Waals surface area contributed by atoms with Gasteiger partial charge in [-0.1, -0.05) is 46.3 Å². The zero-order valence-electron chi connectivity index (χ0n) is 25.6. The van der Waals surface area contributed by atoms with Crippen LogP contribution in [-0.4, -0.2) is 77.4 Å². The molecule has 42 heavy (non-hydrogen) atoms. The van der Waals surface area contributed by atoms with Crippen molar-refractivity contribution in [3.8, 4) is 28.5 Å². The molecule has 0 spiro atoms. The number of hydrogen-bond donors (Lipinski definition) is 0. The summed E-state index contributed by atoms with van der Waals surface area (Å²) in [5, 5.41) is 0. The molecule has 0 N–H and O–H groups in total. The Hall–Kier alpha value is -1.74. The van der Waals surface area contributed by atoms with Crippen molar-refractivity contribution in [2.75, 3.05) is 21.3 Å². The Morgan fingerprint density at radius 2 is 1.24 bits per heavy atom. The molecule has 0 unspecified atom stereocenters. The monoisotopic (exact) mass is 788 g/mol. The van der Waals surface area contributed by atoms with Crippen LogP contribution in [-0.2, 0) is 0 Å². The standard InChI is InChI=1S/C12H11NO.C7H7BrO.C7H7O.C5H4BrN.BrH.FH.2Mg.H2.2H/c1-14-11-6-4-5-10(9-11)12-7-2-3-8-13-12;1-9-7-4-2-3-6(8)5-7;1-8-7-5-3-2-4-6-7;6-5-3-1-2-4-7-5;;;;;;;/h2-9H,1H3;2-5H,1H3;2-3,5-6H,1H3;1-4H;2*1H;;;1H;;/q;;-1;;;;2*+2;;2*-1/p-1/i;;;;;;;;1+2;;. The Labute approximate surface area is 312 Å². The maximum Gasteiger partial charge on any atom is 2.00 e. The van der Waals surface area contributed by atoms with Gasteiger partial charge in [-0.05, 0) is 70.5 Å². The van der Waals surface area contributed by atoms with Crippen LogP contribution in [0.5, 0.6) is 17.2 Å². The number of ether oxygens (including phenoxy) is 3. The number of pyridine rings is 2. The molecule has 0 aliphatic heterocycles. The van der Waals surface area contributed by atoms with Gasteiger partial charge in [0.15, 0.2) is 0 Å². The maximum atomic E-state index is 5.15. The minimum atomic E-state index is 0. The third-order valence-electron chi connectivity index (χ3n) is 4.61. The van der Waals surface area contributed by atoms with Crippen LogP contribution in [0.1, 0.15) is 4.28 Å². The van der Waals surface area contributed by atoms with Crippen LogP contribution in [0.4, 0.5) is 4.70 Å². The minimum Gasteiger partial charge on any atom is -1.00 e. The Balaban J connectivity index is -0.000000111. The molecule has 218 valence electrons. The van der Waals surface area contributed by atoms with Crippen LogP contribution < -0.4 is 31.2 Å². The number of halogens is 4. The fraction of sp³-hybridized carbons (Fsp3) is 0.0968. The van der Waals surface area contributed by atoms with Gasteiger partial charge in [-0.25, -0.2) is 4.98 Å². The predicted octanol–water partition coefficient (Wildman–Crippen LogP) is 5.42. The fourth-order valence-corrected chi connectivity index (χ4v) is 3.40. The molecule has 0 radical (unpaired) electrons. The first kappa shape index (κ1) is 44.7. The Kier molecular flexibility index (Phi) is 29.9. The summed E-state index contributed by atoms with van der Waals surface area (Å²) >= 11 is 6.52. The summed E-state index contributed by atoms with van der Waals surface area (Å²) in [5.41, 5.74) is 2.04. The van der Waals surface area contributed by atoms with E-state index < -0.39 is 0 Å². The van der Waals surface area contributed by atoms with Gasteiger partial charge in [0, 0.05) is 29.6 Å². The van der Waals surface area contributed by atoms with E-state index in [-0.39, 0.29) is 72.1 Å². The van der Waals surface area contributed by atoms with E-state index in [9.17, 15) is 0 Å². The first-order valence-electron chi connectivity index (χ1n) is 11.5. The molecule has 0 bridgehead atoms. The molecule has 5 nitrogen and oxygen atoms in total. The van der Waals surface area contributed by atoms with E-state index in [2.05, 4.69) is 47.9 Å². The molecule has 2 heterocycles. The quantitative estimate of drug-likeness (QED) is 0.138. The number of methoxy groups -OCH3 is 3. The van der Waals surface area contributed by atoms with E-state index in [1.54, 1.807) is 39.8 Å². The van der Waals surface area contributed by atoms with Gasteiger partial charge in [0.05, 0.1) is 27.0 Å². The predicted molar refractivity (Wildman–Crippen MR) is 179 cm³/mol. The van der Waals surface area contributed by atoms with E-state index >= 15 is 0 Å². The van der Waals surface area contributed by atoms with E-state index in [1.807, 2.05) is 103 Å². The molecule has 0 saturated carbocycles. The normalized spacial score (nSPS) is 8.31. The molecule has 5 rings (SSSR count). The molecule has 0 fully saturated rings. The van der Waals surface area contributed by atoms with Crippen molar-refractivity contribution >= 4 is 78.0 Å². The third kappa shape index (κ3) is 19.5. The molecule has 0 aliphatic rings. The topological polar surface area (TPSA) is 53.5 Å². The van der Waals surface area contributed by atoms with Crippen molar-refractivity contribution < 1.29 is 40.2 Å². The SMILES string of the molecule is Brc1ccccn1.COc1c[c-]ccc1.COc1cccc(-c2ccccn2)c1.COc1cccc(Br)c1.F.[3HH].[Br-].[H-].[H-].[Mg+2].[Mg+2]. The van der Waals surface area contributed by atoms with Gasteiger partial charge < -0.3 is 34.0 Å². The second-order valence-electron chi connectivity index (χ2n) is 7.20. The first-order valence-corrected chi connectivity index (χ1v) is 13.1. The number of nitrogens with zero attached hydrogens (tertiary/aromatic N) is 2. The summed E-state index contributed by atoms with van der Waals surface area (Å²) in [5.74, 6) is 2.59. The summed E-state index contributed by atoms with van der Waals surface area (Å²) in [6.07, 6.45) is 3.53. The average Bonchev–Trinajstić information content (AvgIpc) is 2.99. The molecule has 0 saturated heterocycles. The van der Waals surface area contributed by atoms with E-state index in [0.717, 1.165) is 37.6 Å². The minimum absolute atomic E-state index is 0. The molecular weight excluding hydrogens is 756 g/mol. The smallest absolute Gasteiger partial charge is 1.00 e. The van der Waals surface area contributed by atoms with E-state index in [4.69, 9.17) is 14.2 Å². The van der Waals surface area contributed by atoms with Crippen LogP contribution >= 0.6 is 31.9 Å². The molecule has 3 aromatic carbocycles. The van der Waals surface area contributed by atoms with Crippen LogP contribution in [0.3, 0.4) is 0 Å². The van der Waals surface area contributed by atoms with Gasteiger partial charge in [0.2, 0.25) is 0 Å². The summed E-state index contributed by atoms with van der Waals surface area (Å²) in [4.78, 5) is 8.16. The molecule has 0 aliphatic carbocycles. The second kappa shape index (κ2) is 28.1. The van der Waals surface area contributed by atoms with Crippen molar-refractivity contribution in [3.63, 3.8) is 0 Å². The van der Waals surface area contributed by atoms with Crippen molar-refractivity contribution in [1.29, 1.82) is 0 Å². The fourth-order valence-electron chi connectivity index (χ4n) is 2.76. The van der Waals surface area contributed by atoms with Gasteiger partial charge in [-0.15, -0.1) is 12.1 Å². The summed E-state index contributed by atoms with van der Waals surface area (Å²) in [7, 11) is 4.96. The number of benzene rings is 3. The Bertz CT molecular complexity index is 1330. The van der Waals surface area contributed by atoms with Crippen LogP contribution in [0.2, 0.25) is 0 Å². The van der Waals surface area contributed by atoms with Crippen LogP contribution in [0.15, 0.2) is 131 Å². The average molecular weight is 792 g/mol. The van der Waals surface area contributed by atoms with Crippen LogP contribution in [0.25, 0.3) is 11.3 Å². The van der Waals surface area contributed by atoms with Gasteiger partial charge in [-0.2, -0.15) is 18.2 Å². The van der Waals surface area contributed by atoms with E-state index in [1.165, 1.54) is 0 Å². The van der Waals surface area contributed by atoms with Crippen LogP contribution in [0, 0.1) is 6.07 Å². The zero-order chi connectivity index (χ0) is 27.4. The van der Waals surface area contributed by atoms with Crippen molar-refractivity contribution in [2.24, 2.45) is 0 Å². The first-order chi connectivity index (χ1) is 18.5. The number of rotatable bonds is 4. The molecular formula is C31H34Br3FMg2N2O3. The van der Waals surface area contributed by atoms with Crippen molar-refractivity contribution in [2.45, 2.75) is 0 Å². The largest absolute Gasteiger partial charge is 2.00 e. The molecule has 0 atom stereocenters. The van der Waals surface area contributed by atoms with Gasteiger partial charge >= 0.3 is 46.1 Å². The second-order valence-corrected chi connectivity index (χ2v) is 8.93. The van der Waals surface area contributed by atoms with Gasteiger partial charge in [0.1, 0.15) is 16.1 Å². The third-order valence-corrected chi connectivity index (χ3v) is 5.57. The van der Waals surface area contributed by atoms with Crippen molar-refractivity contribution in [3.05, 3.63) is 137 Å². The summed E-state index contributed by atoms with van der Waals surface area (Å²) in [6, 6.07) is 37.4. The summed E-state index contributed by atoms with van der Waals surface area (Å²) < 4.78 is 16.9. The number of aromatic nitrogens is 2. The molecule has 2 aromatic heterocycles. The van der Waals surface area contributed by atoms with E-state index in [0.29, 0.717) is 0 Å². The Morgan fingerprint density at radius 3 is 1.64 bits per heavy atom. The van der Waals surface area contributed by atoms with Gasteiger partial charge in [0.25, 0.3) is 0 Å². The molecule has 0 amide bonds.